The van der Waals surface area contributed by atoms with Gasteiger partial charge in [0.15, 0.2) is 0 Å². The fourth-order valence-corrected chi connectivity index (χ4v) is 1.98. The SMILES string of the molecule is CSCN1CCC(N)=C(CN)C1. The van der Waals surface area contributed by atoms with Crippen LogP contribution in [0.3, 0.4) is 0 Å². The van der Waals surface area contributed by atoms with Gasteiger partial charge in [-0.3, -0.25) is 4.90 Å². The van der Waals surface area contributed by atoms with E-state index in [1.54, 1.807) is 0 Å². The summed E-state index contributed by atoms with van der Waals surface area (Å²) in [6.07, 6.45) is 3.09. The van der Waals surface area contributed by atoms with Crippen molar-refractivity contribution in [1.82, 2.24) is 4.90 Å². The minimum absolute atomic E-state index is 0.608. The molecule has 3 nitrogen and oxygen atoms in total. The minimum atomic E-state index is 0.608. The average molecular weight is 187 g/mol. The van der Waals surface area contributed by atoms with E-state index in [2.05, 4.69) is 11.2 Å². The molecule has 12 heavy (non-hydrogen) atoms. The Morgan fingerprint density at radius 3 is 2.92 bits per heavy atom. The van der Waals surface area contributed by atoms with Crippen molar-refractivity contribution in [3.63, 3.8) is 0 Å². The zero-order valence-electron chi connectivity index (χ0n) is 7.55. The first kappa shape index (κ1) is 9.89. The van der Waals surface area contributed by atoms with Crippen molar-refractivity contribution in [1.29, 1.82) is 0 Å². The van der Waals surface area contributed by atoms with Crippen LogP contribution in [0.5, 0.6) is 0 Å². The lowest BCUT2D eigenvalue weighted by molar-refractivity contribution is 0.331. The maximum Gasteiger partial charge on any atom is 0.0445 e. The van der Waals surface area contributed by atoms with Crippen LogP contribution in [0.15, 0.2) is 11.3 Å². The van der Waals surface area contributed by atoms with Crippen molar-refractivity contribution in [3.8, 4) is 0 Å². The van der Waals surface area contributed by atoms with Gasteiger partial charge in [-0.2, -0.15) is 0 Å². The Morgan fingerprint density at radius 2 is 2.33 bits per heavy atom. The van der Waals surface area contributed by atoms with E-state index in [4.69, 9.17) is 11.5 Å². The Bertz CT molecular complexity index is 179. The molecule has 0 spiro atoms. The Morgan fingerprint density at radius 1 is 1.58 bits per heavy atom. The van der Waals surface area contributed by atoms with Crippen molar-refractivity contribution < 1.29 is 0 Å². The third-order valence-corrected chi connectivity index (χ3v) is 2.75. The fourth-order valence-electron chi connectivity index (χ4n) is 1.39. The first-order valence-electron chi connectivity index (χ1n) is 4.15. The number of hydrogen-bond donors (Lipinski definition) is 2. The molecule has 0 unspecified atom stereocenters. The second kappa shape index (κ2) is 4.74. The van der Waals surface area contributed by atoms with Crippen LogP contribution < -0.4 is 11.5 Å². The minimum Gasteiger partial charge on any atom is -0.402 e. The zero-order chi connectivity index (χ0) is 8.97. The molecule has 0 atom stereocenters. The smallest absolute Gasteiger partial charge is 0.0445 e. The molecule has 0 aromatic carbocycles. The highest BCUT2D eigenvalue weighted by Gasteiger charge is 2.14. The molecule has 4 N–H and O–H groups in total. The van der Waals surface area contributed by atoms with Gasteiger partial charge < -0.3 is 11.5 Å². The van der Waals surface area contributed by atoms with Gasteiger partial charge in [0.25, 0.3) is 0 Å². The molecule has 0 aromatic rings. The van der Waals surface area contributed by atoms with Crippen LogP contribution in [-0.4, -0.2) is 36.7 Å². The molecule has 1 aliphatic rings. The third kappa shape index (κ3) is 2.40. The lowest BCUT2D eigenvalue weighted by Gasteiger charge is -2.28. The first-order valence-corrected chi connectivity index (χ1v) is 5.55. The second-order valence-corrected chi connectivity index (χ2v) is 3.89. The molecule has 1 rings (SSSR count). The summed E-state index contributed by atoms with van der Waals surface area (Å²) in [4.78, 5) is 2.38. The van der Waals surface area contributed by atoms with Gasteiger partial charge in [-0.1, -0.05) is 0 Å². The van der Waals surface area contributed by atoms with Crippen molar-refractivity contribution >= 4 is 11.8 Å². The maximum atomic E-state index is 5.81. The summed E-state index contributed by atoms with van der Waals surface area (Å²) in [6, 6.07) is 0. The summed E-state index contributed by atoms with van der Waals surface area (Å²) in [5.74, 6) is 1.08. The van der Waals surface area contributed by atoms with E-state index in [9.17, 15) is 0 Å². The molecule has 0 saturated heterocycles. The molecule has 1 heterocycles. The standard InChI is InChI=1S/C8H17N3S/c1-12-6-11-3-2-8(10)7(4-9)5-11/h2-6,9-10H2,1H3. The van der Waals surface area contributed by atoms with Crippen LogP contribution in [0.1, 0.15) is 6.42 Å². The predicted octanol–water partition coefficient (Wildman–Crippen LogP) is 0.184. The fraction of sp³-hybridized carbons (Fsp3) is 0.750. The van der Waals surface area contributed by atoms with Crippen molar-refractivity contribution in [2.24, 2.45) is 11.5 Å². The van der Waals surface area contributed by atoms with E-state index in [-0.39, 0.29) is 0 Å². The molecular weight excluding hydrogens is 170 g/mol. The highest BCUT2D eigenvalue weighted by Crippen LogP contribution is 2.14. The predicted molar refractivity (Wildman–Crippen MR) is 54.8 cm³/mol. The molecule has 0 amide bonds. The van der Waals surface area contributed by atoms with E-state index in [1.807, 2.05) is 11.8 Å². The molecule has 0 fully saturated rings. The Hall–Kier alpha value is -0.190. The molecule has 0 saturated carbocycles. The largest absolute Gasteiger partial charge is 0.402 e. The average Bonchev–Trinajstić information content (AvgIpc) is 2.09. The lowest BCUT2D eigenvalue weighted by Crippen LogP contribution is -2.35. The topological polar surface area (TPSA) is 55.3 Å². The van der Waals surface area contributed by atoms with Gasteiger partial charge in [0.05, 0.1) is 0 Å². The Labute approximate surface area is 78.2 Å². The molecule has 0 aromatic heterocycles. The summed E-state index contributed by atoms with van der Waals surface area (Å²) < 4.78 is 0. The van der Waals surface area contributed by atoms with Gasteiger partial charge >= 0.3 is 0 Å². The summed E-state index contributed by atoms with van der Waals surface area (Å²) >= 11 is 1.84. The number of hydrogen-bond acceptors (Lipinski definition) is 4. The number of nitrogens with two attached hydrogens (primary N) is 2. The summed E-state index contributed by atoms with van der Waals surface area (Å²) in [7, 11) is 0. The summed E-state index contributed by atoms with van der Waals surface area (Å²) in [6.45, 7) is 2.65. The van der Waals surface area contributed by atoms with E-state index in [0.29, 0.717) is 6.54 Å². The van der Waals surface area contributed by atoms with Gasteiger partial charge in [0.1, 0.15) is 0 Å². The van der Waals surface area contributed by atoms with E-state index in [0.717, 1.165) is 31.1 Å². The molecule has 1 aliphatic heterocycles. The van der Waals surface area contributed by atoms with Crippen molar-refractivity contribution in [3.05, 3.63) is 11.3 Å². The van der Waals surface area contributed by atoms with Gasteiger partial charge in [-0.15, -0.1) is 11.8 Å². The molecular formula is C8H17N3S. The maximum absolute atomic E-state index is 5.81. The second-order valence-electron chi connectivity index (χ2n) is 3.05. The normalized spacial score (nSPS) is 20.2. The van der Waals surface area contributed by atoms with Crippen LogP contribution in [0, 0.1) is 0 Å². The van der Waals surface area contributed by atoms with E-state index in [1.165, 1.54) is 5.57 Å². The van der Waals surface area contributed by atoms with Crippen LogP contribution in [0.25, 0.3) is 0 Å². The van der Waals surface area contributed by atoms with Gasteiger partial charge in [-0.25, -0.2) is 0 Å². The number of thioether (sulfide) groups is 1. The highest BCUT2D eigenvalue weighted by atomic mass is 32.2. The summed E-state index contributed by atoms with van der Waals surface area (Å²) in [5.41, 5.74) is 13.6. The van der Waals surface area contributed by atoms with Crippen LogP contribution in [-0.2, 0) is 0 Å². The van der Waals surface area contributed by atoms with Crippen LogP contribution in [0.4, 0.5) is 0 Å². The van der Waals surface area contributed by atoms with Gasteiger partial charge in [0.2, 0.25) is 0 Å². The Balaban J connectivity index is 2.49. The Kier molecular flexibility index (Phi) is 3.91. The molecule has 0 bridgehead atoms. The van der Waals surface area contributed by atoms with Gasteiger partial charge in [0, 0.05) is 31.2 Å². The summed E-state index contributed by atoms with van der Waals surface area (Å²) in [5, 5.41) is 0. The van der Waals surface area contributed by atoms with E-state index >= 15 is 0 Å². The molecule has 4 heteroatoms. The zero-order valence-corrected chi connectivity index (χ0v) is 8.36. The highest BCUT2D eigenvalue weighted by molar-refractivity contribution is 7.98. The van der Waals surface area contributed by atoms with Crippen molar-refractivity contribution in [2.75, 3.05) is 31.8 Å². The number of rotatable bonds is 3. The third-order valence-electron chi connectivity index (χ3n) is 2.12. The van der Waals surface area contributed by atoms with E-state index < -0.39 is 0 Å². The molecule has 70 valence electrons. The number of nitrogens with zero attached hydrogens (tertiary/aromatic N) is 1. The molecule has 0 aliphatic carbocycles. The lowest BCUT2D eigenvalue weighted by atomic mass is 10.1. The first-order chi connectivity index (χ1) is 5.77. The monoisotopic (exact) mass is 187 g/mol. The quantitative estimate of drug-likeness (QED) is 0.662. The van der Waals surface area contributed by atoms with Crippen LogP contribution in [0.2, 0.25) is 0 Å². The molecule has 0 radical (unpaired) electrons. The van der Waals surface area contributed by atoms with Crippen LogP contribution >= 0.6 is 11.8 Å². The van der Waals surface area contributed by atoms with Crippen molar-refractivity contribution in [2.45, 2.75) is 6.42 Å². The van der Waals surface area contributed by atoms with Gasteiger partial charge in [-0.05, 0) is 18.2 Å².